The first-order valence-electron chi connectivity index (χ1n) is 21.0. The van der Waals surface area contributed by atoms with Gasteiger partial charge in [-0.2, -0.15) is 0 Å². The van der Waals surface area contributed by atoms with Gasteiger partial charge in [-0.15, -0.1) is 0 Å². The molecule has 9 fully saturated rings. The minimum absolute atomic E-state index is 0.161. The number of carboxylic acids is 3. The van der Waals surface area contributed by atoms with Gasteiger partial charge in [0.2, 0.25) is 11.3 Å². The second kappa shape index (κ2) is 13.0. The average molecular weight is 773 g/mol. The van der Waals surface area contributed by atoms with E-state index in [4.69, 9.17) is 0 Å². The average Bonchev–Trinajstić information content (AvgIpc) is 3.99. The Labute approximate surface area is 326 Å². The molecule has 6 N–H and O–H groups in total. The van der Waals surface area contributed by atoms with Crippen LogP contribution in [0.1, 0.15) is 47.9 Å². The van der Waals surface area contributed by atoms with E-state index in [1.54, 1.807) is 0 Å². The van der Waals surface area contributed by atoms with Crippen molar-refractivity contribution in [1.82, 2.24) is 20.9 Å². The zero-order chi connectivity index (χ0) is 38.8. The summed E-state index contributed by atoms with van der Waals surface area (Å²) in [6.07, 6.45) is 2.24. The first kappa shape index (κ1) is 36.9. The number of hydrogen-bond donors (Lipinski definition) is 6. The third-order valence-electron chi connectivity index (χ3n) is 16.9. The molecule has 12 heteroatoms. The van der Waals surface area contributed by atoms with Crippen molar-refractivity contribution in [2.24, 2.45) is 70.0 Å². The minimum atomic E-state index is -2.37. The standard InChI is InChI=1S/C44H54F2N4O6/c45-43(39(53)54,29-8-11-48-19-29)15-24-3-1-5-26(13-24)21-50(22-27-6-2-4-25(14-27)16-44(46,40(55)56)30-9-12-49-20-30)23-42-35-32-34-33(35)37(42)41(34,36(32)42)17-31(38(51)52)28-7-10-47-18-28/h1-6,13-14,28-37,47-49H,7-12,15-23H2,(H,51,52)(H,53,54)(H,55,56)/t28-,29-,30-,31-,32?,33?,34?,35?,36?,37?,41?,42?,43?,44?/m0/s1. The number of carboxylic acid groups (broad SMARTS) is 3. The van der Waals surface area contributed by atoms with Crippen molar-refractivity contribution in [2.75, 3.05) is 45.8 Å². The summed E-state index contributed by atoms with van der Waals surface area (Å²) >= 11 is 0. The number of aliphatic carboxylic acids is 3. The third-order valence-corrected chi connectivity index (χ3v) is 16.9. The summed E-state index contributed by atoms with van der Waals surface area (Å²) in [6, 6.07) is 15.3. The van der Waals surface area contributed by atoms with Crippen LogP contribution in [0.15, 0.2) is 48.5 Å². The smallest absolute Gasteiger partial charge is 0.342 e. The predicted molar refractivity (Wildman–Crippen MR) is 202 cm³/mol. The predicted octanol–water partition coefficient (Wildman–Crippen LogP) is 4.02. The minimum Gasteiger partial charge on any atom is -0.481 e. The molecule has 3 heterocycles. The van der Waals surface area contributed by atoms with Gasteiger partial charge >= 0.3 is 17.9 Å². The molecule has 6 saturated carbocycles. The van der Waals surface area contributed by atoms with Crippen molar-refractivity contribution in [3.05, 3.63) is 70.8 Å². The van der Waals surface area contributed by atoms with Gasteiger partial charge in [0.25, 0.3) is 0 Å². The molecule has 10 atom stereocenters. The molecular weight excluding hydrogens is 719 g/mol. The monoisotopic (exact) mass is 772 g/mol. The molecule has 0 spiro atoms. The number of nitrogens with one attached hydrogen (secondary N) is 3. The highest BCUT2D eigenvalue weighted by molar-refractivity contribution is 5.79. The van der Waals surface area contributed by atoms with Crippen LogP contribution in [-0.2, 0) is 40.3 Å². The fourth-order valence-corrected chi connectivity index (χ4v) is 14.9. The summed E-state index contributed by atoms with van der Waals surface area (Å²) in [6.45, 7) is 5.48. The molecule has 6 aliphatic carbocycles. The maximum Gasteiger partial charge on any atom is 0.342 e. The number of carbonyl (C=O) groups is 3. The van der Waals surface area contributed by atoms with Gasteiger partial charge in [0, 0.05) is 57.4 Å². The van der Waals surface area contributed by atoms with Crippen LogP contribution in [0.5, 0.6) is 0 Å². The van der Waals surface area contributed by atoms with Gasteiger partial charge in [0.1, 0.15) is 0 Å². The van der Waals surface area contributed by atoms with Crippen molar-refractivity contribution in [1.29, 1.82) is 0 Å². The van der Waals surface area contributed by atoms with Gasteiger partial charge in [-0.05, 0) is 126 Å². The molecule has 3 aliphatic heterocycles. The van der Waals surface area contributed by atoms with Crippen molar-refractivity contribution in [3.8, 4) is 0 Å². The summed E-state index contributed by atoms with van der Waals surface area (Å²) in [7, 11) is 0. The lowest BCUT2D eigenvalue weighted by molar-refractivity contribution is -0.661. The Hall–Kier alpha value is -3.45. The Morgan fingerprint density at radius 3 is 1.64 bits per heavy atom. The summed E-state index contributed by atoms with van der Waals surface area (Å²) in [5.41, 5.74) is -1.20. The van der Waals surface area contributed by atoms with E-state index in [0.717, 1.165) is 43.6 Å². The first-order chi connectivity index (χ1) is 26.9. The van der Waals surface area contributed by atoms with Crippen LogP contribution in [0.25, 0.3) is 0 Å². The number of alkyl halides is 2. The van der Waals surface area contributed by atoms with E-state index in [-0.39, 0.29) is 35.5 Å². The molecule has 0 amide bonds. The summed E-state index contributed by atoms with van der Waals surface area (Å²) in [5.74, 6) is -0.943. The summed E-state index contributed by atoms with van der Waals surface area (Å²) in [5, 5.41) is 40.0. The van der Waals surface area contributed by atoms with E-state index in [0.29, 0.717) is 98.7 Å². The van der Waals surface area contributed by atoms with Crippen LogP contribution < -0.4 is 16.0 Å². The van der Waals surface area contributed by atoms with E-state index >= 15 is 8.78 Å². The number of rotatable bonds is 18. The fourth-order valence-electron chi connectivity index (χ4n) is 14.9. The highest BCUT2D eigenvalue weighted by Gasteiger charge is 3.09. The zero-order valence-electron chi connectivity index (χ0n) is 31.8. The van der Waals surface area contributed by atoms with Gasteiger partial charge in [-0.3, -0.25) is 9.69 Å². The normalized spacial score (nSPS) is 39.2. The molecule has 56 heavy (non-hydrogen) atoms. The molecule has 0 radical (unpaired) electrons. The van der Waals surface area contributed by atoms with Gasteiger partial charge in [0.15, 0.2) is 0 Å². The molecule has 0 aromatic heterocycles. The Balaban J connectivity index is 0.914. The fraction of sp³-hybridized carbons (Fsp3) is 0.659. The Morgan fingerprint density at radius 1 is 0.714 bits per heavy atom. The van der Waals surface area contributed by atoms with Crippen LogP contribution in [0.3, 0.4) is 0 Å². The molecule has 2 aromatic carbocycles. The SMILES string of the molecule is O=C(O)[C@@H](CC12C3C4C5C3C1C5(CN(Cc1cccc(CC(F)(C(=O)O)[C@H]3CCNC3)c1)Cc1cccc(CC(F)(C(=O)O)[C@H]3CCNC3)c1)C42)[C@H]1CCNC1. The van der Waals surface area contributed by atoms with E-state index in [1.165, 1.54) is 0 Å². The maximum absolute atomic E-state index is 16.2. The largest absolute Gasteiger partial charge is 0.481 e. The second-order valence-corrected chi connectivity index (χ2v) is 19.1. The van der Waals surface area contributed by atoms with Crippen LogP contribution in [0.4, 0.5) is 8.78 Å². The first-order valence-corrected chi connectivity index (χ1v) is 21.0. The van der Waals surface area contributed by atoms with Gasteiger partial charge in [0.05, 0.1) is 5.92 Å². The van der Waals surface area contributed by atoms with E-state index < -0.39 is 41.1 Å². The maximum atomic E-state index is 16.2. The zero-order valence-corrected chi connectivity index (χ0v) is 31.8. The lowest BCUT2D eigenvalue weighted by atomic mass is 8.91. The molecule has 10 nitrogen and oxygen atoms in total. The number of hydrogen-bond acceptors (Lipinski definition) is 7. The lowest BCUT2D eigenvalue weighted by Gasteiger charge is -3.12. The van der Waals surface area contributed by atoms with E-state index in [2.05, 4.69) is 20.9 Å². The lowest BCUT2D eigenvalue weighted by Crippen LogP contribution is -3.10. The van der Waals surface area contributed by atoms with Gasteiger partial charge in [-0.25, -0.2) is 18.4 Å². The highest BCUT2D eigenvalue weighted by atomic mass is 19.1. The topological polar surface area (TPSA) is 151 Å². The Bertz CT molecular complexity index is 1820. The molecule has 3 saturated heterocycles. The highest BCUT2D eigenvalue weighted by Crippen LogP contribution is 3.11. The van der Waals surface area contributed by atoms with Crippen LogP contribution in [-0.4, -0.2) is 95.3 Å². The molecule has 0 bridgehead atoms. The van der Waals surface area contributed by atoms with Crippen LogP contribution in [0, 0.1) is 70.0 Å². The Kier molecular flexibility index (Phi) is 8.58. The van der Waals surface area contributed by atoms with Gasteiger partial charge in [-0.1, -0.05) is 48.5 Å². The molecule has 9 aliphatic rings. The number of halogens is 2. The Morgan fingerprint density at radius 2 is 1.20 bits per heavy atom. The van der Waals surface area contributed by atoms with Crippen molar-refractivity contribution in [3.63, 3.8) is 0 Å². The van der Waals surface area contributed by atoms with Gasteiger partial charge < -0.3 is 31.3 Å². The number of benzene rings is 2. The van der Waals surface area contributed by atoms with Crippen LogP contribution in [0.2, 0.25) is 0 Å². The molecular formula is C44H54F2N4O6. The van der Waals surface area contributed by atoms with Crippen molar-refractivity contribution in [2.45, 2.75) is 63.0 Å². The number of nitrogens with zero attached hydrogens (tertiary/aromatic N) is 1. The van der Waals surface area contributed by atoms with Crippen molar-refractivity contribution < 1.29 is 38.5 Å². The van der Waals surface area contributed by atoms with Crippen molar-refractivity contribution >= 4 is 17.9 Å². The molecule has 11 rings (SSSR count). The molecule has 2 aromatic rings. The molecule has 6 unspecified atom stereocenters. The van der Waals surface area contributed by atoms with E-state index in [1.807, 2.05) is 48.5 Å². The van der Waals surface area contributed by atoms with Crippen LogP contribution >= 0.6 is 0 Å². The quantitative estimate of drug-likeness (QED) is 0.131. The second-order valence-electron chi connectivity index (χ2n) is 19.1. The van der Waals surface area contributed by atoms with E-state index in [9.17, 15) is 29.7 Å². The molecule has 300 valence electrons. The summed E-state index contributed by atoms with van der Waals surface area (Å²) < 4.78 is 32.5. The third kappa shape index (κ3) is 5.00. The summed E-state index contributed by atoms with van der Waals surface area (Å²) in [4.78, 5) is 39.7.